The second kappa shape index (κ2) is 8.23. The van der Waals surface area contributed by atoms with Gasteiger partial charge in [0.05, 0.1) is 55.8 Å². The molecule has 4 aliphatic rings. The molecule has 7 rings (SSSR count). The number of ether oxygens (including phenoxy) is 2. The minimum atomic E-state index is -0.391. The van der Waals surface area contributed by atoms with Crippen LogP contribution < -0.4 is 4.90 Å². The lowest BCUT2D eigenvalue weighted by atomic mass is 9.83. The van der Waals surface area contributed by atoms with Crippen molar-refractivity contribution in [3.8, 4) is 5.82 Å². The van der Waals surface area contributed by atoms with Crippen LogP contribution in [0.2, 0.25) is 0 Å². The van der Waals surface area contributed by atoms with Crippen LogP contribution >= 0.6 is 0 Å². The molecular weight excluding hydrogens is 444 g/mol. The Morgan fingerprint density at radius 2 is 1.86 bits per heavy atom. The summed E-state index contributed by atoms with van der Waals surface area (Å²) in [5.74, 6) is 2.58. The molecule has 4 atom stereocenters. The second-order valence-electron chi connectivity index (χ2n) is 10.6. The van der Waals surface area contributed by atoms with Gasteiger partial charge in [0, 0.05) is 30.5 Å². The van der Waals surface area contributed by atoms with Crippen molar-refractivity contribution in [2.45, 2.75) is 56.9 Å². The van der Waals surface area contributed by atoms with E-state index in [1.54, 1.807) is 0 Å². The zero-order valence-corrected chi connectivity index (χ0v) is 20.3. The SMILES string of the molecule is Cc1nc(N2C[C@H]3C[C@@H]2CO3)cc(-n2ncc3cc(C)c([C@@H]4CCN(C5COC5)C[C@@H]4O)cc32)n1. The number of morpholine rings is 1. The van der Waals surface area contributed by atoms with Gasteiger partial charge in [-0.15, -0.1) is 0 Å². The summed E-state index contributed by atoms with van der Waals surface area (Å²) in [4.78, 5) is 14.2. The van der Waals surface area contributed by atoms with Gasteiger partial charge in [0.15, 0.2) is 5.82 Å². The minimum Gasteiger partial charge on any atom is -0.391 e. The van der Waals surface area contributed by atoms with Gasteiger partial charge in [0.25, 0.3) is 0 Å². The van der Waals surface area contributed by atoms with Gasteiger partial charge in [-0.3, -0.25) is 4.90 Å². The van der Waals surface area contributed by atoms with Crippen LogP contribution in [0, 0.1) is 13.8 Å². The van der Waals surface area contributed by atoms with Crippen molar-refractivity contribution in [2.24, 2.45) is 0 Å². The van der Waals surface area contributed by atoms with E-state index in [0.29, 0.717) is 24.7 Å². The highest BCUT2D eigenvalue weighted by molar-refractivity contribution is 5.82. The van der Waals surface area contributed by atoms with Crippen LogP contribution in [0.15, 0.2) is 24.4 Å². The van der Waals surface area contributed by atoms with Crippen molar-refractivity contribution in [1.29, 1.82) is 0 Å². The third-order valence-electron chi connectivity index (χ3n) is 8.33. The number of aliphatic hydroxyl groups excluding tert-OH is 1. The van der Waals surface area contributed by atoms with Gasteiger partial charge < -0.3 is 19.5 Å². The van der Waals surface area contributed by atoms with E-state index in [1.165, 1.54) is 11.1 Å². The quantitative estimate of drug-likeness (QED) is 0.612. The van der Waals surface area contributed by atoms with E-state index in [9.17, 15) is 5.11 Å². The molecule has 2 aromatic heterocycles. The Bertz CT molecular complexity index is 1270. The summed E-state index contributed by atoms with van der Waals surface area (Å²) in [5, 5.41) is 16.9. The molecule has 4 aliphatic heterocycles. The van der Waals surface area contributed by atoms with Gasteiger partial charge in [-0.25, -0.2) is 14.6 Å². The molecule has 0 radical (unpaired) electrons. The van der Waals surface area contributed by atoms with E-state index in [1.807, 2.05) is 23.9 Å². The predicted molar refractivity (Wildman–Crippen MR) is 131 cm³/mol. The van der Waals surface area contributed by atoms with Crippen LogP contribution in [-0.2, 0) is 9.47 Å². The number of nitrogens with zero attached hydrogens (tertiary/aromatic N) is 6. The number of piperidine rings is 1. The van der Waals surface area contributed by atoms with Gasteiger partial charge in [-0.2, -0.15) is 5.10 Å². The number of fused-ring (bicyclic) bond motifs is 3. The third-order valence-corrected chi connectivity index (χ3v) is 8.33. The fourth-order valence-corrected chi connectivity index (χ4v) is 6.34. The lowest BCUT2D eigenvalue weighted by Crippen LogP contribution is -2.55. The minimum absolute atomic E-state index is 0.114. The van der Waals surface area contributed by atoms with E-state index < -0.39 is 6.10 Å². The summed E-state index contributed by atoms with van der Waals surface area (Å²) in [6.07, 6.45) is 3.83. The molecule has 35 heavy (non-hydrogen) atoms. The Labute approximate surface area is 204 Å². The Balaban J connectivity index is 1.22. The molecule has 6 heterocycles. The van der Waals surface area contributed by atoms with E-state index in [2.05, 4.69) is 28.9 Å². The highest BCUT2D eigenvalue weighted by Crippen LogP contribution is 2.36. The van der Waals surface area contributed by atoms with Crippen LogP contribution in [0.1, 0.15) is 35.7 Å². The van der Waals surface area contributed by atoms with Crippen molar-refractivity contribution in [2.75, 3.05) is 44.4 Å². The smallest absolute Gasteiger partial charge is 0.159 e. The molecule has 1 N–H and O–H groups in total. The van der Waals surface area contributed by atoms with Crippen LogP contribution in [0.3, 0.4) is 0 Å². The number of anilines is 1. The highest BCUT2D eigenvalue weighted by atomic mass is 16.5. The largest absolute Gasteiger partial charge is 0.391 e. The van der Waals surface area contributed by atoms with E-state index >= 15 is 0 Å². The first kappa shape index (κ1) is 21.7. The average molecular weight is 477 g/mol. The van der Waals surface area contributed by atoms with Gasteiger partial charge in [-0.05, 0) is 56.5 Å². The summed E-state index contributed by atoms with van der Waals surface area (Å²) >= 11 is 0. The van der Waals surface area contributed by atoms with Crippen molar-refractivity contribution in [3.05, 3.63) is 41.3 Å². The second-order valence-corrected chi connectivity index (χ2v) is 10.6. The third kappa shape index (κ3) is 3.64. The number of β-amino-alcohol motifs (C(OH)–C–C–N with tert-alkyl or cyclic N) is 1. The summed E-state index contributed by atoms with van der Waals surface area (Å²) in [6, 6.07) is 7.32. The normalized spacial score (nSPS) is 29.3. The lowest BCUT2D eigenvalue weighted by molar-refractivity contribution is -0.0888. The summed E-state index contributed by atoms with van der Waals surface area (Å²) in [7, 11) is 0. The molecule has 9 heteroatoms. The van der Waals surface area contributed by atoms with Crippen molar-refractivity contribution in [1.82, 2.24) is 24.6 Å². The Morgan fingerprint density at radius 1 is 1.00 bits per heavy atom. The number of hydrogen-bond donors (Lipinski definition) is 1. The average Bonchev–Trinajstić information content (AvgIpc) is 3.53. The van der Waals surface area contributed by atoms with E-state index in [4.69, 9.17) is 24.5 Å². The maximum atomic E-state index is 11.1. The van der Waals surface area contributed by atoms with Gasteiger partial charge in [-0.1, -0.05) is 0 Å². The number of aryl methyl sites for hydroxylation is 2. The molecule has 0 spiro atoms. The van der Waals surface area contributed by atoms with Crippen molar-refractivity contribution in [3.63, 3.8) is 0 Å². The molecule has 0 aliphatic carbocycles. The first-order valence-corrected chi connectivity index (χ1v) is 12.8. The fourth-order valence-electron chi connectivity index (χ4n) is 6.34. The number of aliphatic hydroxyl groups is 1. The highest BCUT2D eigenvalue weighted by Gasteiger charge is 2.40. The molecule has 184 valence electrons. The molecule has 4 fully saturated rings. The standard InChI is InChI=1S/C26H32N6O3/c1-15-5-17-9-27-32(26-8-25(28-16(2)29-26)31-10-20-6-18(31)14-35-20)23(17)7-22(15)21-3-4-30(11-24(21)33)19-12-34-13-19/h5,7-9,18-21,24,33H,3-4,6,10-14H2,1-2H3/t18-,20-,21+,24+/m1/s1. The van der Waals surface area contributed by atoms with Crippen LogP contribution in [-0.4, -0.2) is 93.5 Å². The number of likely N-dealkylation sites (tertiary alicyclic amines) is 1. The molecule has 9 nitrogen and oxygen atoms in total. The zero-order chi connectivity index (χ0) is 23.7. The van der Waals surface area contributed by atoms with Gasteiger partial charge in [0.1, 0.15) is 11.6 Å². The van der Waals surface area contributed by atoms with Gasteiger partial charge >= 0.3 is 0 Å². The number of benzene rings is 1. The summed E-state index contributed by atoms with van der Waals surface area (Å²) in [5.41, 5.74) is 3.42. The lowest BCUT2D eigenvalue weighted by Gasteiger charge is -2.43. The molecule has 0 saturated carbocycles. The van der Waals surface area contributed by atoms with E-state index in [0.717, 1.165) is 74.1 Å². The zero-order valence-electron chi connectivity index (χ0n) is 20.3. The predicted octanol–water partition coefficient (Wildman–Crippen LogP) is 1.96. The molecule has 0 amide bonds. The first-order valence-electron chi connectivity index (χ1n) is 12.8. The maximum absolute atomic E-state index is 11.1. The Morgan fingerprint density at radius 3 is 2.57 bits per heavy atom. The van der Waals surface area contributed by atoms with Crippen molar-refractivity contribution >= 4 is 16.7 Å². The molecule has 4 saturated heterocycles. The van der Waals surface area contributed by atoms with Crippen LogP contribution in [0.4, 0.5) is 5.82 Å². The molecule has 0 unspecified atom stereocenters. The maximum Gasteiger partial charge on any atom is 0.159 e. The molecule has 1 aromatic carbocycles. The molecule has 2 bridgehead atoms. The van der Waals surface area contributed by atoms with Crippen molar-refractivity contribution < 1.29 is 14.6 Å². The molecule has 3 aromatic rings. The molecular formula is C26H32N6O3. The summed E-state index contributed by atoms with van der Waals surface area (Å²) < 4.78 is 13.1. The fraction of sp³-hybridized carbons (Fsp3) is 0.577. The van der Waals surface area contributed by atoms with E-state index in [-0.39, 0.29) is 5.92 Å². The van der Waals surface area contributed by atoms with Crippen LogP contribution in [0.25, 0.3) is 16.7 Å². The Hall–Kier alpha value is -2.59. The first-order chi connectivity index (χ1) is 17.0. The number of aromatic nitrogens is 4. The Kier molecular flexibility index (Phi) is 5.10. The number of hydrogen-bond acceptors (Lipinski definition) is 8. The van der Waals surface area contributed by atoms with Crippen LogP contribution in [0.5, 0.6) is 0 Å². The topological polar surface area (TPSA) is 88.8 Å². The monoisotopic (exact) mass is 476 g/mol. The van der Waals surface area contributed by atoms with Gasteiger partial charge in [0.2, 0.25) is 0 Å². The summed E-state index contributed by atoms with van der Waals surface area (Å²) in [6.45, 7) is 8.99. The number of rotatable bonds is 4.